The zero-order valence-electron chi connectivity index (χ0n) is 18.1. The lowest BCUT2D eigenvalue weighted by Gasteiger charge is -2.24. The molecule has 0 unspecified atom stereocenters. The second kappa shape index (κ2) is 10.5. The van der Waals surface area contributed by atoms with Crippen LogP contribution < -0.4 is 20.1 Å². The Bertz CT molecular complexity index is 895. The van der Waals surface area contributed by atoms with Gasteiger partial charge in [-0.15, -0.1) is 0 Å². The topological polar surface area (TPSA) is 76.7 Å². The van der Waals surface area contributed by atoms with Crippen molar-refractivity contribution in [3.63, 3.8) is 0 Å². The average molecular weight is 477 g/mol. The van der Waals surface area contributed by atoms with Gasteiger partial charge in [-0.1, -0.05) is 13.8 Å². The number of ether oxygens (including phenoxy) is 2. The van der Waals surface area contributed by atoms with Gasteiger partial charge >= 0.3 is 0 Å². The fourth-order valence-corrected chi connectivity index (χ4v) is 3.13. The molecule has 0 aliphatic heterocycles. The molecule has 0 aliphatic carbocycles. The second-order valence-corrected chi connectivity index (χ2v) is 8.42. The van der Waals surface area contributed by atoms with Gasteiger partial charge in [-0.2, -0.15) is 0 Å². The highest BCUT2D eigenvalue weighted by Gasteiger charge is 2.19. The summed E-state index contributed by atoms with van der Waals surface area (Å²) in [7, 11) is 1.53. The normalized spacial score (nSPS) is 11.0. The van der Waals surface area contributed by atoms with Gasteiger partial charge in [0.05, 0.1) is 18.2 Å². The summed E-state index contributed by atoms with van der Waals surface area (Å²) in [5, 5.41) is 5.83. The van der Waals surface area contributed by atoms with Crippen LogP contribution in [0.25, 0.3) is 0 Å². The third-order valence-electron chi connectivity index (χ3n) is 4.68. The summed E-state index contributed by atoms with van der Waals surface area (Å²) in [5.74, 6) is 0.617. The van der Waals surface area contributed by atoms with E-state index in [1.165, 1.54) is 7.11 Å². The molecular formula is C23H29BrN2O4. The maximum Gasteiger partial charge on any atom is 0.255 e. The van der Waals surface area contributed by atoms with Crippen molar-refractivity contribution in [3.05, 3.63) is 52.0 Å². The first-order valence-corrected chi connectivity index (χ1v) is 10.7. The highest BCUT2D eigenvalue weighted by atomic mass is 79.9. The number of halogens is 1. The lowest BCUT2D eigenvalue weighted by atomic mass is 10.0. The quantitative estimate of drug-likeness (QED) is 0.506. The zero-order chi connectivity index (χ0) is 22.3. The average Bonchev–Trinajstić information content (AvgIpc) is 2.72. The fraction of sp³-hybridized carbons (Fsp3) is 0.391. The Morgan fingerprint density at radius 3 is 2.27 bits per heavy atom. The van der Waals surface area contributed by atoms with E-state index in [1.807, 2.05) is 27.7 Å². The van der Waals surface area contributed by atoms with E-state index < -0.39 is 0 Å². The van der Waals surface area contributed by atoms with E-state index >= 15 is 0 Å². The van der Waals surface area contributed by atoms with E-state index in [0.29, 0.717) is 39.4 Å². The van der Waals surface area contributed by atoms with Gasteiger partial charge < -0.3 is 20.1 Å². The summed E-state index contributed by atoms with van der Waals surface area (Å²) in [4.78, 5) is 25.1. The minimum atomic E-state index is -0.291. The van der Waals surface area contributed by atoms with Crippen molar-refractivity contribution in [1.29, 1.82) is 0 Å². The van der Waals surface area contributed by atoms with Gasteiger partial charge in [0.25, 0.3) is 11.8 Å². The predicted octanol–water partition coefficient (Wildman–Crippen LogP) is 5.42. The molecule has 2 rings (SSSR count). The minimum absolute atomic E-state index is 0.143. The Balaban J connectivity index is 2.12. The summed E-state index contributed by atoms with van der Waals surface area (Å²) < 4.78 is 11.7. The lowest BCUT2D eigenvalue weighted by Crippen LogP contribution is -2.42. The Morgan fingerprint density at radius 2 is 1.70 bits per heavy atom. The van der Waals surface area contributed by atoms with Crippen LogP contribution in [0.2, 0.25) is 0 Å². The molecule has 2 aromatic rings. The van der Waals surface area contributed by atoms with Gasteiger partial charge in [0, 0.05) is 22.4 Å². The van der Waals surface area contributed by atoms with Gasteiger partial charge in [-0.05, 0) is 79.0 Å². The fourth-order valence-electron chi connectivity index (χ4n) is 2.57. The van der Waals surface area contributed by atoms with Crippen molar-refractivity contribution in [2.24, 2.45) is 0 Å². The molecule has 2 amide bonds. The molecule has 2 aromatic carbocycles. The molecule has 0 aliphatic rings. The van der Waals surface area contributed by atoms with Crippen molar-refractivity contribution in [2.75, 3.05) is 19.0 Å². The SMILES string of the molecule is CCCOc1c(Br)cc(C(=O)Nc2ccc(C(=O)NC(C)(C)CC)cc2)cc1OC. The van der Waals surface area contributed by atoms with Gasteiger partial charge in [0.15, 0.2) is 11.5 Å². The molecule has 162 valence electrons. The highest BCUT2D eigenvalue weighted by molar-refractivity contribution is 9.10. The third kappa shape index (κ3) is 6.23. The Hall–Kier alpha value is -2.54. The first-order chi connectivity index (χ1) is 14.2. The van der Waals surface area contributed by atoms with Gasteiger partial charge in [0.2, 0.25) is 0 Å². The number of rotatable bonds is 9. The number of carbonyl (C=O) groups is 2. The van der Waals surface area contributed by atoms with E-state index in [0.717, 1.165) is 12.8 Å². The number of benzene rings is 2. The van der Waals surface area contributed by atoms with Gasteiger partial charge in [-0.25, -0.2) is 0 Å². The van der Waals surface area contributed by atoms with E-state index in [4.69, 9.17) is 9.47 Å². The number of carbonyl (C=O) groups excluding carboxylic acids is 2. The molecule has 7 heteroatoms. The molecule has 0 aromatic heterocycles. The second-order valence-electron chi connectivity index (χ2n) is 7.56. The van der Waals surface area contributed by atoms with Crippen LogP contribution >= 0.6 is 15.9 Å². The number of methoxy groups -OCH3 is 1. The number of amides is 2. The molecule has 0 heterocycles. The van der Waals surface area contributed by atoms with Crippen molar-refractivity contribution in [3.8, 4) is 11.5 Å². The minimum Gasteiger partial charge on any atom is -0.493 e. The Morgan fingerprint density at radius 1 is 1.03 bits per heavy atom. The van der Waals surface area contributed by atoms with Crippen LogP contribution in [0, 0.1) is 0 Å². The van der Waals surface area contributed by atoms with Crippen LogP contribution in [0.15, 0.2) is 40.9 Å². The zero-order valence-corrected chi connectivity index (χ0v) is 19.7. The molecule has 30 heavy (non-hydrogen) atoms. The van der Waals surface area contributed by atoms with E-state index in [9.17, 15) is 9.59 Å². The van der Waals surface area contributed by atoms with Crippen molar-refractivity contribution in [1.82, 2.24) is 5.32 Å². The number of nitrogens with one attached hydrogen (secondary N) is 2. The number of hydrogen-bond donors (Lipinski definition) is 2. The van der Waals surface area contributed by atoms with Crippen molar-refractivity contribution >= 4 is 33.4 Å². The molecule has 0 fully saturated rings. The molecule has 0 spiro atoms. The number of hydrogen-bond acceptors (Lipinski definition) is 4. The molecule has 0 radical (unpaired) electrons. The molecule has 0 bridgehead atoms. The molecule has 0 atom stereocenters. The lowest BCUT2D eigenvalue weighted by molar-refractivity contribution is 0.0911. The van der Waals surface area contributed by atoms with Crippen LogP contribution in [-0.4, -0.2) is 31.1 Å². The summed E-state index contributed by atoms with van der Waals surface area (Å²) in [6, 6.07) is 10.1. The number of anilines is 1. The summed E-state index contributed by atoms with van der Waals surface area (Å²) in [6.45, 7) is 8.54. The highest BCUT2D eigenvalue weighted by Crippen LogP contribution is 2.37. The Labute approximate surface area is 186 Å². The first kappa shape index (κ1) is 23.7. The molecule has 6 nitrogen and oxygen atoms in total. The third-order valence-corrected chi connectivity index (χ3v) is 5.27. The van der Waals surface area contributed by atoms with Crippen LogP contribution in [0.5, 0.6) is 11.5 Å². The van der Waals surface area contributed by atoms with Gasteiger partial charge in [-0.3, -0.25) is 9.59 Å². The Kier molecular flexibility index (Phi) is 8.29. The van der Waals surface area contributed by atoms with E-state index in [-0.39, 0.29) is 17.4 Å². The van der Waals surface area contributed by atoms with E-state index in [1.54, 1.807) is 36.4 Å². The van der Waals surface area contributed by atoms with Crippen molar-refractivity contribution in [2.45, 2.75) is 46.1 Å². The maximum absolute atomic E-state index is 12.7. The molecular weight excluding hydrogens is 448 g/mol. The van der Waals surface area contributed by atoms with E-state index in [2.05, 4.69) is 26.6 Å². The smallest absolute Gasteiger partial charge is 0.255 e. The standard InChI is InChI=1S/C23H29BrN2O4/c1-6-12-30-20-18(24)13-16(14-19(20)29-5)21(27)25-17-10-8-15(9-11-17)22(28)26-23(3,4)7-2/h8-11,13-14H,6-7,12H2,1-5H3,(H,25,27)(H,26,28). The predicted molar refractivity (Wildman–Crippen MR) is 123 cm³/mol. The molecule has 0 saturated carbocycles. The molecule has 2 N–H and O–H groups in total. The van der Waals surface area contributed by atoms with Crippen LogP contribution in [0.1, 0.15) is 61.3 Å². The van der Waals surface area contributed by atoms with Crippen molar-refractivity contribution < 1.29 is 19.1 Å². The van der Waals surface area contributed by atoms with Crippen LogP contribution in [-0.2, 0) is 0 Å². The summed E-state index contributed by atoms with van der Waals surface area (Å²) in [6.07, 6.45) is 1.69. The molecule has 0 saturated heterocycles. The summed E-state index contributed by atoms with van der Waals surface area (Å²) in [5.41, 5.74) is 1.28. The maximum atomic E-state index is 12.7. The largest absolute Gasteiger partial charge is 0.493 e. The first-order valence-electron chi connectivity index (χ1n) is 9.95. The van der Waals surface area contributed by atoms with Crippen LogP contribution in [0.3, 0.4) is 0 Å². The summed E-state index contributed by atoms with van der Waals surface area (Å²) >= 11 is 3.45. The monoisotopic (exact) mass is 476 g/mol. The van der Waals surface area contributed by atoms with Gasteiger partial charge in [0.1, 0.15) is 0 Å². The van der Waals surface area contributed by atoms with Crippen LogP contribution in [0.4, 0.5) is 5.69 Å².